The van der Waals surface area contributed by atoms with Gasteiger partial charge in [-0.05, 0) is 44.4 Å². The molecule has 110 valence electrons. The minimum atomic E-state index is 0.587. The number of pyridine rings is 1. The molecule has 1 fully saturated rings. The van der Waals surface area contributed by atoms with Gasteiger partial charge in [-0.15, -0.1) is 0 Å². The Labute approximate surface area is 126 Å². The van der Waals surface area contributed by atoms with Crippen LogP contribution in [0.3, 0.4) is 0 Å². The summed E-state index contributed by atoms with van der Waals surface area (Å²) in [5.74, 6) is 0.823. The first-order valence-corrected chi connectivity index (χ1v) is 7.57. The third-order valence-corrected chi connectivity index (χ3v) is 3.63. The minimum absolute atomic E-state index is 0.587. The van der Waals surface area contributed by atoms with Gasteiger partial charge in [-0.3, -0.25) is 4.98 Å². The van der Waals surface area contributed by atoms with Gasteiger partial charge in [0.05, 0.1) is 11.9 Å². The Morgan fingerprint density at radius 1 is 1.14 bits per heavy atom. The summed E-state index contributed by atoms with van der Waals surface area (Å²) in [6.07, 6.45) is 4.42. The summed E-state index contributed by atoms with van der Waals surface area (Å²) in [5.41, 5.74) is 4.81. The Morgan fingerprint density at radius 2 is 1.90 bits per heavy atom. The molecule has 3 heteroatoms. The lowest BCUT2D eigenvalue weighted by atomic mass is 10.1. The maximum atomic E-state index is 5.81. The molecule has 0 atom stereocenters. The lowest BCUT2D eigenvalue weighted by molar-refractivity contribution is 0.304. The second-order valence-corrected chi connectivity index (χ2v) is 5.93. The highest BCUT2D eigenvalue weighted by Crippen LogP contribution is 2.19. The molecule has 1 aliphatic rings. The van der Waals surface area contributed by atoms with E-state index in [1.54, 1.807) is 0 Å². The van der Waals surface area contributed by atoms with Gasteiger partial charge in [0.2, 0.25) is 0 Å². The average molecular weight is 282 g/mol. The van der Waals surface area contributed by atoms with Crippen molar-refractivity contribution in [2.75, 3.05) is 0 Å². The number of nitrogens with one attached hydrogen (secondary N) is 1. The second kappa shape index (κ2) is 6.27. The SMILES string of the molecule is Cc1cc(C)cc(COc2ccc(CNC3CC3)nc2)c1. The van der Waals surface area contributed by atoms with E-state index in [4.69, 9.17) is 4.74 Å². The fourth-order valence-electron chi connectivity index (χ4n) is 2.46. The quantitative estimate of drug-likeness (QED) is 0.880. The lowest BCUT2D eigenvalue weighted by Crippen LogP contribution is -2.16. The topological polar surface area (TPSA) is 34.1 Å². The number of hydrogen-bond acceptors (Lipinski definition) is 3. The minimum Gasteiger partial charge on any atom is -0.487 e. The molecule has 0 amide bonds. The molecular formula is C18H22N2O. The maximum Gasteiger partial charge on any atom is 0.138 e. The van der Waals surface area contributed by atoms with Crippen LogP contribution in [0.5, 0.6) is 5.75 Å². The van der Waals surface area contributed by atoms with Gasteiger partial charge in [-0.2, -0.15) is 0 Å². The van der Waals surface area contributed by atoms with Crippen molar-refractivity contribution >= 4 is 0 Å². The Bertz CT molecular complexity index is 583. The highest BCUT2D eigenvalue weighted by Gasteiger charge is 2.19. The number of rotatable bonds is 6. The Balaban J connectivity index is 1.54. The predicted molar refractivity (Wildman–Crippen MR) is 84.3 cm³/mol. The molecule has 1 saturated carbocycles. The third-order valence-electron chi connectivity index (χ3n) is 3.63. The van der Waals surface area contributed by atoms with E-state index in [-0.39, 0.29) is 0 Å². The van der Waals surface area contributed by atoms with E-state index in [2.05, 4.69) is 42.3 Å². The average Bonchev–Trinajstić information content (AvgIpc) is 3.27. The standard InChI is InChI=1S/C18H22N2O/c1-13-7-14(2)9-15(8-13)12-21-18-6-5-17(20-11-18)10-19-16-3-4-16/h5-9,11,16,19H,3-4,10,12H2,1-2H3. The van der Waals surface area contributed by atoms with Gasteiger partial charge >= 0.3 is 0 Å². The van der Waals surface area contributed by atoms with Gasteiger partial charge < -0.3 is 10.1 Å². The molecular weight excluding hydrogens is 260 g/mol. The van der Waals surface area contributed by atoms with E-state index in [0.29, 0.717) is 12.6 Å². The maximum absolute atomic E-state index is 5.81. The van der Waals surface area contributed by atoms with Crippen molar-refractivity contribution in [3.05, 3.63) is 58.9 Å². The Kier molecular flexibility index (Phi) is 4.20. The Morgan fingerprint density at radius 3 is 2.52 bits per heavy atom. The van der Waals surface area contributed by atoms with Gasteiger partial charge in [0.15, 0.2) is 0 Å². The first-order chi connectivity index (χ1) is 10.2. The van der Waals surface area contributed by atoms with Crippen LogP contribution in [0.4, 0.5) is 0 Å². The molecule has 0 saturated heterocycles. The summed E-state index contributed by atoms with van der Waals surface area (Å²) in [4.78, 5) is 4.44. The van der Waals surface area contributed by atoms with E-state index in [9.17, 15) is 0 Å². The van der Waals surface area contributed by atoms with Crippen LogP contribution in [0.1, 0.15) is 35.2 Å². The van der Waals surface area contributed by atoms with E-state index < -0.39 is 0 Å². The first-order valence-electron chi connectivity index (χ1n) is 7.57. The van der Waals surface area contributed by atoms with E-state index in [1.165, 1.54) is 29.5 Å². The van der Waals surface area contributed by atoms with Crippen molar-refractivity contribution in [1.82, 2.24) is 10.3 Å². The molecule has 1 aromatic carbocycles. The summed E-state index contributed by atoms with van der Waals surface area (Å²) in [5, 5.41) is 3.46. The van der Waals surface area contributed by atoms with Gasteiger partial charge in [-0.1, -0.05) is 29.3 Å². The molecule has 3 nitrogen and oxygen atoms in total. The van der Waals surface area contributed by atoms with Crippen LogP contribution in [0.15, 0.2) is 36.5 Å². The summed E-state index contributed by atoms with van der Waals surface area (Å²) in [7, 11) is 0. The van der Waals surface area contributed by atoms with Crippen molar-refractivity contribution in [3.63, 3.8) is 0 Å². The number of aromatic nitrogens is 1. The first kappa shape index (κ1) is 14.1. The number of ether oxygens (including phenoxy) is 1. The van der Waals surface area contributed by atoms with Gasteiger partial charge in [0.25, 0.3) is 0 Å². The molecule has 0 bridgehead atoms. The van der Waals surface area contributed by atoms with E-state index in [1.807, 2.05) is 18.3 Å². The molecule has 2 aromatic rings. The summed E-state index contributed by atoms with van der Waals surface area (Å²) >= 11 is 0. The lowest BCUT2D eigenvalue weighted by Gasteiger charge is -2.09. The van der Waals surface area contributed by atoms with Crippen molar-refractivity contribution in [1.29, 1.82) is 0 Å². The van der Waals surface area contributed by atoms with Crippen molar-refractivity contribution in [3.8, 4) is 5.75 Å². The third kappa shape index (κ3) is 4.30. The van der Waals surface area contributed by atoms with Crippen LogP contribution in [-0.4, -0.2) is 11.0 Å². The zero-order chi connectivity index (χ0) is 14.7. The van der Waals surface area contributed by atoms with E-state index >= 15 is 0 Å². The normalized spacial score (nSPS) is 14.2. The predicted octanol–water partition coefficient (Wildman–Crippen LogP) is 3.53. The molecule has 0 aliphatic heterocycles. The molecule has 0 spiro atoms. The fraction of sp³-hybridized carbons (Fsp3) is 0.389. The largest absolute Gasteiger partial charge is 0.487 e. The molecule has 3 rings (SSSR count). The number of nitrogens with zero attached hydrogens (tertiary/aromatic N) is 1. The second-order valence-electron chi connectivity index (χ2n) is 5.93. The molecule has 0 radical (unpaired) electrons. The summed E-state index contributed by atoms with van der Waals surface area (Å²) in [6, 6.07) is 11.2. The Hall–Kier alpha value is -1.87. The summed E-state index contributed by atoms with van der Waals surface area (Å²) < 4.78 is 5.81. The van der Waals surface area contributed by atoms with Crippen LogP contribution in [0, 0.1) is 13.8 Å². The number of aryl methyl sites for hydroxylation is 2. The van der Waals surface area contributed by atoms with Crippen molar-refractivity contribution < 1.29 is 4.74 Å². The van der Waals surface area contributed by atoms with Crippen LogP contribution in [0.2, 0.25) is 0 Å². The van der Waals surface area contributed by atoms with Gasteiger partial charge in [0, 0.05) is 12.6 Å². The number of benzene rings is 1. The van der Waals surface area contributed by atoms with Crippen LogP contribution >= 0.6 is 0 Å². The molecule has 1 aromatic heterocycles. The van der Waals surface area contributed by atoms with Gasteiger partial charge in [-0.25, -0.2) is 0 Å². The van der Waals surface area contributed by atoms with Gasteiger partial charge in [0.1, 0.15) is 12.4 Å². The molecule has 1 N–H and O–H groups in total. The van der Waals surface area contributed by atoms with Crippen molar-refractivity contribution in [2.45, 2.75) is 45.9 Å². The molecule has 1 heterocycles. The fourth-order valence-corrected chi connectivity index (χ4v) is 2.46. The highest BCUT2D eigenvalue weighted by molar-refractivity contribution is 5.29. The highest BCUT2D eigenvalue weighted by atomic mass is 16.5. The van der Waals surface area contributed by atoms with Crippen LogP contribution < -0.4 is 10.1 Å². The molecule has 21 heavy (non-hydrogen) atoms. The van der Waals surface area contributed by atoms with E-state index in [0.717, 1.165) is 18.0 Å². The summed E-state index contributed by atoms with van der Waals surface area (Å²) in [6.45, 7) is 5.66. The monoisotopic (exact) mass is 282 g/mol. The smallest absolute Gasteiger partial charge is 0.138 e. The molecule has 1 aliphatic carbocycles. The van der Waals surface area contributed by atoms with Crippen molar-refractivity contribution in [2.24, 2.45) is 0 Å². The van der Waals surface area contributed by atoms with Crippen LogP contribution in [0.25, 0.3) is 0 Å². The zero-order valence-electron chi connectivity index (χ0n) is 12.7. The molecule has 0 unspecified atom stereocenters. The van der Waals surface area contributed by atoms with Crippen LogP contribution in [-0.2, 0) is 13.2 Å². The number of hydrogen-bond donors (Lipinski definition) is 1. The zero-order valence-corrected chi connectivity index (χ0v) is 12.7.